The number of halogens is 4. The van der Waals surface area contributed by atoms with Gasteiger partial charge >= 0.3 is 0 Å². The van der Waals surface area contributed by atoms with E-state index in [2.05, 4.69) is 63.4 Å². The molecule has 0 N–H and O–H groups in total. The molecule has 0 radical (unpaired) electrons. The number of fused-ring (bicyclic) bond motifs is 1. The monoisotopic (exact) mass is 490 g/mol. The van der Waals surface area contributed by atoms with Crippen molar-refractivity contribution in [2.24, 2.45) is 0 Å². The fourth-order valence-corrected chi connectivity index (χ4v) is 3.97. The molecular weight excluding hydrogens is 483 g/mol. The lowest BCUT2D eigenvalue weighted by molar-refractivity contribution is 0.880. The number of nitrogens with zero attached hydrogens (tertiary/aromatic N) is 2. The average Bonchev–Trinajstić information content (AvgIpc) is 2.77. The molecule has 0 aliphatic carbocycles. The van der Waals surface area contributed by atoms with Gasteiger partial charge in [0.1, 0.15) is 5.82 Å². The highest BCUT2D eigenvalue weighted by atomic mass is 79.9. The van der Waals surface area contributed by atoms with Gasteiger partial charge in [-0.25, -0.2) is 4.98 Å². The SMILES string of the molecule is CC(Cl)c1nc2ccc(Br)cc2n1-c1ccc(Br)cc1Br. The number of imidazole rings is 1. The molecule has 0 aliphatic rings. The fraction of sp³-hybridized carbons (Fsp3) is 0.133. The maximum atomic E-state index is 6.33. The molecule has 1 atom stereocenters. The van der Waals surface area contributed by atoms with Crippen molar-refractivity contribution in [2.45, 2.75) is 12.3 Å². The third kappa shape index (κ3) is 2.93. The summed E-state index contributed by atoms with van der Waals surface area (Å²) in [6.45, 7) is 1.93. The number of hydrogen-bond donors (Lipinski definition) is 0. The van der Waals surface area contributed by atoms with Crippen LogP contribution >= 0.6 is 59.4 Å². The zero-order valence-electron chi connectivity index (χ0n) is 10.9. The van der Waals surface area contributed by atoms with Crippen molar-refractivity contribution in [3.63, 3.8) is 0 Å². The maximum absolute atomic E-state index is 6.33. The van der Waals surface area contributed by atoms with Crippen LogP contribution in [0.25, 0.3) is 16.7 Å². The number of aromatic nitrogens is 2. The maximum Gasteiger partial charge on any atom is 0.132 e. The topological polar surface area (TPSA) is 17.8 Å². The van der Waals surface area contributed by atoms with Gasteiger partial charge in [0.05, 0.1) is 22.1 Å². The van der Waals surface area contributed by atoms with Crippen molar-refractivity contribution in [2.75, 3.05) is 0 Å². The summed E-state index contributed by atoms with van der Waals surface area (Å²) in [4.78, 5) is 4.67. The van der Waals surface area contributed by atoms with Crippen LogP contribution in [0.4, 0.5) is 0 Å². The minimum absolute atomic E-state index is 0.188. The lowest BCUT2D eigenvalue weighted by Gasteiger charge is -2.13. The van der Waals surface area contributed by atoms with E-state index in [-0.39, 0.29) is 5.38 Å². The summed E-state index contributed by atoms with van der Waals surface area (Å²) in [5.74, 6) is 0.827. The van der Waals surface area contributed by atoms with Gasteiger partial charge in [-0.3, -0.25) is 4.57 Å². The van der Waals surface area contributed by atoms with Crippen LogP contribution in [0.1, 0.15) is 18.1 Å². The molecule has 0 aliphatic heterocycles. The van der Waals surface area contributed by atoms with Crippen LogP contribution in [0.3, 0.4) is 0 Å². The van der Waals surface area contributed by atoms with Crippen LogP contribution in [0.15, 0.2) is 49.8 Å². The molecule has 0 saturated heterocycles. The predicted octanol–water partition coefficient (Wildman–Crippen LogP) is 6.61. The van der Waals surface area contributed by atoms with E-state index in [0.29, 0.717) is 0 Å². The van der Waals surface area contributed by atoms with E-state index in [1.54, 1.807) is 0 Å². The molecule has 1 aromatic heterocycles. The first-order valence-electron chi connectivity index (χ1n) is 6.25. The molecule has 0 saturated carbocycles. The van der Waals surface area contributed by atoms with Gasteiger partial charge in [0.2, 0.25) is 0 Å². The summed E-state index contributed by atoms with van der Waals surface area (Å²) in [5.41, 5.74) is 2.96. The highest BCUT2D eigenvalue weighted by molar-refractivity contribution is 9.11. The van der Waals surface area contributed by atoms with E-state index in [1.165, 1.54) is 0 Å². The first kappa shape index (κ1) is 15.5. The highest BCUT2D eigenvalue weighted by Crippen LogP contribution is 2.33. The summed E-state index contributed by atoms with van der Waals surface area (Å²) >= 11 is 17.0. The zero-order valence-corrected chi connectivity index (χ0v) is 16.5. The Balaban J connectivity index is 2.38. The second-order valence-corrected chi connectivity index (χ2v) is 7.99. The van der Waals surface area contributed by atoms with Crippen molar-refractivity contribution in [3.8, 4) is 5.69 Å². The Hall–Kier alpha value is -0.360. The normalized spacial score (nSPS) is 12.8. The lowest BCUT2D eigenvalue weighted by Crippen LogP contribution is -2.02. The first-order valence-corrected chi connectivity index (χ1v) is 9.06. The van der Waals surface area contributed by atoms with Gasteiger partial charge in [0, 0.05) is 13.4 Å². The molecule has 108 valence electrons. The van der Waals surface area contributed by atoms with E-state index in [0.717, 1.165) is 36.0 Å². The van der Waals surface area contributed by atoms with Gasteiger partial charge in [-0.2, -0.15) is 0 Å². The summed E-state index contributed by atoms with van der Waals surface area (Å²) in [6.07, 6.45) is 0. The summed E-state index contributed by atoms with van der Waals surface area (Å²) < 4.78 is 5.10. The third-order valence-electron chi connectivity index (χ3n) is 3.15. The second-order valence-electron chi connectivity index (χ2n) is 4.65. The molecule has 21 heavy (non-hydrogen) atoms. The van der Waals surface area contributed by atoms with Gasteiger partial charge in [-0.05, 0) is 59.3 Å². The van der Waals surface area contributed by atoms with E-state index in [1.807, 2.05) is 37.3 Å². The number of hydrogen-bond acceptors (Lipinski definition) is 1. The van der Waals surface area contributed by atoms with E-state index < -0.39 is 0 Å². The molecule has 0 spiro atoms. The van der Waals surface area contributed by atoms with Crippen LogP contribution in [0.2, 0.25) is 0 Å². The van der Waals surface area contributed by atoms with Crippen molar-refractivity contribution in [1.82, 2.24) is 9.55 Å². The quantitative estimate of drug-likeness (QED) is 0.367. The van der Waals surface area contributed by atoms with Gasteiger partial charge in [-0.15, -0.1) is 11.6 Å². The Labute approximate surface area is 152 Å². The highest BCUT2D eigenvalue weighted by Gasteiger charge is 2.18. The van der Waals surface area contributed by atoms with Crippen LogP contribution in [0.5, 0.6) is 0 Å². The molecule has 6 heteroatoms. The Morgan fingerprint density at radius 3 is 2.38 bits per heavy atom. The molecule has 0 fully saturated rings. The van der Waals surface area contributed by atoms with Crippen LogP contribution < -0.4 is 0 Å². The van der Waals surface area contributed by atoms with Gasteiger partial charge < -0.3 is 0 Å². The molecule has 3 aromatic rings. The molecule has 2 nitrogen and oxygen atoms in total. The molecule has 0 bridgehead atoms. The molecule has 1 unspecified atom stereocenters. The molecule has 2 aromatic carbocycles. The minimum atomic E-state index is -0.188. The van der Waals surface area contributed by atoms with Gasteiger partial charge in [-0.1, -0.05) is 31.9 Å². The number of rotatable bonds is 2. The zero-order chi connectivity index (χ0) is 15.1. The van der Waals surface area contributed by atoms with Crippen molar-refractivity contribution in [1.29, 1.82) is 0 Å². The Morgan fingerprint density at radius 2 is 1.71 bits per heavy atom. The largest absolute Gasteiger partial charge is 0.294 e. The summed E-state index contributed by atoms with van der Waals surface area (Å²) in [7, 11) is 0. The van der Waals surface area contributed by atoms with Crippen LogP contribution in [-0.2, 0) is 0 Å². The smallest absolute Gasteiger partial charge is 0.132 e. The third-order valence-corrected chi connectivity index (χ3v) is 4.97. The van der Waals surface area contributed by atoms with Crippen molar-refractivity contribution in [3.05, 3.63) is 55.6 Å². The lowest BCUT2D eigenvalue weighted by atomic mass is 10.2. The molecule has 1 heterocycles. The van der Waals surface area contributed by atoms with Gasteiger partial charge in [0.15, 0.2) is 0 Å². The molecule has 0 amide bonds. The van der Waals surface area contributed by atoms with Crippen LogP contribution in [-0.4, -0.2) is 9.55 Å². The van der Waals surface area contributed by atoms with Crippen molar-refractivity contribution < 1.29 is 0 Å². The van der Waals surface area contributed by atoms with E-state index >= 15 is 0 Å². The van der Waals surface area contributed by atoms with Gasteiger partial charge in [0.25, 0.3) is 0 Å². The van der Waals surface area contributed by atoms with Crippen LogP contribution in [0, 0.1) is 0 Å². The van der Waals surface area contributed by atoms with E-state index in [9.17, 15) is 0 Å². The number of benzene rings is 2. The summed E-state index contributed by atoms with van der Waals surface area (Å²) in [5, 5.41) is -0.188. The Morgan fingerprint density at radius 1 is 1.05 bits per heavy atom. The Kier molecular flexibility index (Phi) is 4.46. The summed E-state index contributed by atoms with van der Waals surface area (Å²) in [6, 6.07) is 12.1. The van der Waals surface area contributed by atoms with Crippen molar-refractivity contribution >= 4 is 70.4 Å². The Bertz CT molecular complexity index is 827. The molecule has 3 rings (SSSR count). The fourth-order valence-electron chi connectivity index (χ4n) is 2.25. The van der Waals surface area contributed by atoms with E-state index in [4.69, 9.17) is 11.6 Å². The molecular formula is C15H10Br3ClN2. The standard InChI is InChI=1S/C15H10Br3ClN2/c1-8(19)15-20-12-4-2-10(17)7-14(12)21(15)13-5-3-9(16)6-11(13)18/h2-8H,1H3. The average molecular weight is 493 g/mol. The minimum Gasteiger partial charge on any atom is -0.294 e. The second kappa shape index (κ2) is 6.03. The number of alkyl halides is 1. The predicted molar refractivity (Wildman–Crippen MR) is 98.4 cm³/mol. The first-order chi connectivity index (χ1) is 9.97.